The summed E-state index contributed by atoms with van der Waals surface area (Å²) in [6, 6.07) is -0.354. The van der Waals surface area contributed by atoms with Gasteiger partial charge in [0.25, 0.3) is 0 Å². The zero-order valence-corrected chi connectivity index (χ0v) is 12.1. The number of carboxylic acid groups (broad SMARTS) is 1. The van der Waals surface area contributed by atoms with Gasteiger partial charge in [0, 0.05) is 33.6 Å². The van der Waals surface area contributed by atoms with E-state index in [0.717, 1.165) is 19.3 Å². The molecular weight excluding hydrogens is 262 g/mol. The maximum absolute atomic E-state index is 11.6. The van der Waals surface area contributed by atoms with Crippen molar-refractivity contribution in [3.63, 3.8) is 0 Å². The van der Waals surface area contributed by atoms with Crippen LogP contribution < -0.4 is 10.6 Å². The molecule has 1 rings (SSSR count). The minimum atomic E-state index is -0.830. The topological polar surface area (TPSA) is 98.7 Å². The standard InChI is InChI=1S/C13H23N3O4/c1-16(2)10(17)4-7-14-12(20)15-9-13(5-3-6-13)8-11(18)19/h3-9H2,1-2H3,(H,18,19)(H2,14,15,20). The SMILES string of the molecule is CN(C)C(=O)CCNC(=O)NCC1(CC(=O)O)CCC1. The van der Waals surface area contributed by atoms with Crippen LogP contribution in [-0.2, 0) is 9.59 Å². The van der Waals surface area contributed by atoms with Crippen LogP contribution in [0.1, 0.15) is 32.1 Å². The molecule has 0 bridgehead atoms. The highest BCUT2D eigenvalue weighted by molar-refractivity contribution is 5.78. The second kappa shape index (κ2) is 7.12. The molecule has 7 nitrogen and oxygen atoms in total. The van der Waals surface area contributed by atoms with Gasteiger partial charge in [-0.1, -0.05) is 6.42 Å². The molecule has 20 heavy (non-hydrogen) atoms. The molecule has 0 saturated heterocycles. The molecule has 7 heteroatoms. The maximum Gasteiger partial charge on any atom is 0.314 e. The normalized spacial score (nSPS) is 15.9. The van der Waals surface area contributed by atoms with Gasteiger partial charge in [0.05, 0.1) is 6.42 Å². The molecule has 3 N–H and O–H groups in total. The predicted molar refractivity (Wildman–Crippen MR) is 73.2 cm³/mol. The van der Waals surface area contributed by atoms with Crippen LogP contribution >= 0.6 is 0 Å². The smallest absolute Gasteiger partial charge is 0.314 e. The van der Waals surface area contributed by atoms with Gasteiger partial charge in [-0.3, -0.25) is 9.59 Å². The van der Waals surface area contributed by atoms with Crippen molar-refractivity contribution in [1.29, 1.82) is 0 Å². The van der Waals surface area contributed by atoms with Crippen LogP contribution in [0.3, 0.4) is 0 Å². The minimum Gasteiger partial charge on any atom is -0.481 e. The Morgan fingerprint density at radius 2 is 1.85 bits per heavy atom. The number of nitrogens with zero attached hydrogens (tertiary/aromatic N) is 1. The molecule has 1 aliphatic rings. The highest BCUT2D eigenvalue weighted by atomic mass is 16.4. The van der Waals surface area contributed by atoms with E-state index in [2.05, 4.69) is 10.6 Å². The molecule has 0 atom stereocenters. The number of nitrogens with one attached hydrogen (secondary N) is 2. The second-order valence-electron chi connectivity index (χ2n) is 5.57. The van der Waals surface area contributed by atoms with E-state index in [-0.39, 0.29) is 36.7 Å². The Morgan fingerprint density at radius 3 is 2.30 bits per heavy atom. The molecule has 114 valence electrons. The molecule has 0 heterocycles. The van der Waals surface area contributed by atoms with Gasteiger partial charge in [0.1, 0.15) is 0 Å². The molecule has 0 aromatic rings. The number of carbonyl (C=O) groups excluding carboxylic acids is 2. The van der Waals surface area contributed by atoms with E-state index in [9.17, 15) is 14.4 Å². The molecule has 0 aromatic heterocycles. The number of carboxylic acids is 1. The van der Waals surface area contributed by atoms with Crippen LogP contribution in [0.25, 0.3) is 0 Å². The van der Waals surface area contributed by atoms with Crippen molar-refractivity contribution in [2.75, 3.05) is 27.2 Å². The molecule has 0 spiro atoms. The highest BCUT2D eigenvalue weighted by Crippen LogP contribution is 2.43. The third-order valence-electron chi connectivity index (χ3n) is 3.69. The summed E-state index contributed by atoms with van der Waals surface area (Å²) in [6.07, 6.45) is 3.01. The van der Waals surface area contributed by atoms with Gasteiger partial charge in [-0.05, 0) is 18.3 Å². The van der Waals surface area contributed by atoms with E-state index in [4.69, 9.17) is 5.11 Å². The second-order valence-corrected chi connectivity index (χ2v) is 5.57. The zero-order valence-electron chi connectivity index (χ0n) is 12.1. The van der Waals surface area contributed by atoms with Crippen molar-refractivity contribution >= 4 is 17.9 Å². The van der Waals surface area contributed by atoms with Gasteiger partial charge in [-0.2, -0.15) is 0 Å². The highest BCUT2D eigenvalue weighted by Gasteiger charge is 2.39. The van der Waals surface area contributed by atoms with E-state index < -0.39 is 5.97 Å². The van der Waals surface area contributed by atoms with Crippen molar-refractivity contribution < 1.29 is 19.5 Å². The summed E-state index contributed by atoms with van der Waals surface area (Å²) < 4.78 is 0. The molecule has 3 amide bonds. The van der Waals surface area contributed by atoms with E-state index >= 15 is 0 Å². The Morgan fingerprint density at radius 1 is 1.20 bits per heavy atom. The van der Waals surface area contributed by atoms with Crippen molar-refractivity contribution in [2.45, 2.75) is 32.1 Å². The number of hydrogen-bond donors (Lipinski definition) is 3. The van der Waals surface area contributed by atoms with Gasteiger partial charge in [-0.25, -0.2) is 4.79 Å². The quantitative estimate of drug-likeness (QED) is 0.631. The molecule has 0 unspecified atom stereocenters. The summed E-state index contributed by atoms with van der Waals surface area (Å²) in [6.45, 7) is 0.640. The van der Waals surface area contributed by atoms with E-state index in [1.54, 1.807) is 14.1 Å². The molecule has 1 saturated carbocycles. The number of hydrogen-bond acceptors (Lipinski definition) is 3. The molecule has 0 aliphatic heterocycles. The first-order valence-electron chi connectivity index (χ1n) is 6.78. The maximum atomic E-state index is 11.6. The number of aliphatic carboxylic acids is 1. The van der Waals surface area contributed by atoms with E-state index in [1.165, 1.54) is 4.90 Å². The minimum absolute atomic E-state index is 0.0494. The van der Waals surface area contributed by atoms with Gasteiger partial charge in [-0.15, -0.1) is 0 Å². The van der Waals surface area contributed by atoms with Crippen LogP contribution in [0.4, 0.5) is 4.79 Å². The predicted octanol–water partition coefficient (Wildman–Crippen LogP) is 0.409. The molecular formula is C13H23N3O4. The first-order chi connectivity index (χ1) is 9.34. The fourth-order valence-electron chi connectivity index (χ4n) is 2.25. The fraction of sp³-hybridized carbons (Fsp3) is 0.769. The summed E-state index contributed by atoms with van der Waals surface area (Å²) in [4.78, 5) is 35.1. The Labute approximate surface area is 118 Å². The van der Waals surface area contributed by atoms with Gasteiger partial charge >= 0.3 is 12.0 Å². The zero-order chi connectivity index (χ0) is 15.2. The monoisotopic (exact) mass is 285 g/mol. The number of carbonyl (C=O) groups is 3. The first-order valence-corrected chi connectivity index (χ1v) is 6.78. The number of rotatable bonds is 7. The number of amides is 3. The molecule has 1 fully saturated rings. The third-order valence-corrected chi connectivity index (χ3v) is 3.69. The fourth-order valence-corrected chi connectivity index (χ4v) is 2.25. The number of urea groups is 1. The van der Waals surface area contributed by atoms with Crippen molar-refractivity contribution in [1.82, 2.24) is 15.5 Å². The third kappa shape index (κ3) is 5.07. The lowest BCUT2D eigenvalue weighted by Gasteiger charge is -2.40. The van der Waals surface area contributed by atoms with Crippen LogP contribution in [0, 0.1) is 5.41 Å². The largest absolute Gasteiger partial charge is 0.481 e. The summed E-state index contributed by atoms with van der Waals surface area (Å²) in [5, 5.41) is 14.2. The summed E-state index contributed by atoms with van der Waals surface area (Å²) in [5.74, 6) is -0.880. The molecule has 1 aliphatic carbocycles. The van der Waals surface area contributed by atoms with Crippen LogP contribution in [0.5, 0.6) is 0 Å². The van der Waals surface area contributed by atoms with E-state index in [0.29, 0.717) is 6.54 Å². The lowest BCUT2D eigenvalue weighted by Crippen LogP contribution is -2.47. The van der Waals surface area contributed by atoms with Crippen molar-refractivity contribution in [3.8, 4) is 0 Å². The summed E-state index contributed by atoms with van der Waals surface area (Å²) in [7, 11) is 3.32. The van der Waals surface area contributed by atoms with E-state index in [1.807, 2.05) is 0 Å². The Balaban J connectivity index is 2.22. The molecule has 0 aromatic carbocycles. The average Bonchev–Trinajstić information content (AvgIpc) is 2.31. The first kappa shape index (κ1) is 16.3. The van der Waals surface area contributed by atoms with Crippen LogP contribution in [0.2, 0.25) is 0 Å². The summed E-state index contributed by atoms with van der Waals surface area (Å²) in [5.41, 5.74) is -0.289. The van der Waals surface area contributed by atoms with Gasteiger partial charge < -0.3 is 20.6 Å². The Hall–Kier alpha value is -1.79. The molecule has 0 radical (unpaired) electrons. The Kier molecular flexibility index (Phi) is 5.79. The van der Waals surface area contributed by atoms with Crippen molar-refractivity contribution in [2.24, 2.45) is 5.41 Å². The van der Waals surface area contributed by atoms with Crippen molar-refractivity contribution in [3.05, 3.63) is 0 Å². The Bertz CT molecular complexity index is 378. The van der Waals surface area contributed by atoms with Crippen LogP contribution in [-0.4, -0.2) is 55.1 Å². The van der Waals surface area contributed by atoms with Crippen LogP contribution in [0.15, 0.2) is 0 Å². The summed E-state index contributed by atoms with van der Waals surface area (Å²) >= 11 is 0. The lowest BCUT2D eigenvalue weighted by atomic mass is 9.66. The van der Waals surface area contributed by atoms with Gasteiger partial charge in [0.15, 0.2) is 0 Å². The average molecular weight is 285 g/mol. The lowest BCUT2D eigenvalue weighted by molar-refractivity contribution is -0.141. The van der Waals surface area contributed by atoms with Gasteiger partial charge in [0.2, 0.25) is 5.91 Å².